The molecule has 1 saturated heterocycles. The van der Waals surface area contributed by atoms with Crippen molar-refractivity contribution in [3.05, 3.63) is 22.4 Å². The van der Waals surface area contributed by atoms with Gasteiger partial charge in [0.2, 0.25) is 0 Å². The van der Waals surface area contributed by atoms with Gasteiger partial charge >= 0.3 is 0 Å². The third-order valence-electron chi connectivity index (χ3n) is 4.68. The van der Waals surface area contributed by atoms with Crippen molar-refractivity contribution in [3.8, 4) is 0 Å². The van der Waals surface area contributed by atoms with Gasteiger partial charge in [-0.15, -0.1) is 0 Å². The van der Waals surface area contributed by atoms with Crippen LogP contribution in [0.4, 0.5) is 0 Å². The summed E-state index contributed by atoms with van der Waals surface area (Å²) in [5, 5.41) is 3.22. The first-order valence-electron chi connectivity index (χ1n) is 8.00. The van der Waals surface area contributed by atoms with Crippen LogP contribution in [0.25, 0.3) is 0 Å². The molecule has 0 atom stereocenters. The zero-order valence-electron chi connectivity index (χ0n) is 12.6. The maximum Gasteiger partial charge on any atom is 0.270 e. The maximum absolute atomic E-state index is 12.8. The second-order valence-corrected chi connectivity index (χ2v) is 7.23. The number of nitrogens with zero attached hydrogens (tertiary/aromatic N) is 2. The molecular formula is C16H24BrN3O. The lowest BCUT2D eigenvalue weighted by molar-refractivity contribution is 0.0676. The summed E-state index contributed by atoms with van der Waals surface area (Å²) in [6.45, 7) is 2.89. The van der Waals surface area contributed by atoms with E-state index < -0.39 is 0 Å². The second-order valence-electron chi connectivity index (χ2n) is 6.31. The van der Waals surface area contributed by atoms with Crippen molar-refractivity contribution in [1.82, 2.24) is 14.8 Å². The molecular weight excluding hydrogens is 330 g/mol. The molecule has 116 valence electrons. The van der Waals surface area contributed by atoms with Crippen LogP contribution in [0.2, 0.25) is 0 Å². The number of likely N-dealkylation sites (tertiary alicyclic amines) is 1. The van der Waals surface area contributed by atoms with E-state index in [1.165, 1.54) is 19.3 Å². The number of carbonyl (C=O) groups is 1. The van der Waals surface area contributed by atoms with Crippen molar-refractivity contribution < 1.29 is 4.79 Å². The van der Waals surface area contributed by atoms with Crippen LogP contribution in [0, 0.1) is 5.92 Å². The Kier molecular flexibility index (Phi) is 4.69. The Morgan fingerprint density at radius 3 is 2.67 bits per heavy atom. The zero-order chi connectivity index (χ0) is 14.8. The van der Waals surface area contributed by atoms with Crippen LogP contribution in [-0.2, 0) is 0 Å². The maximum atomic E-state index is 12.8. The van der Waals surface area contributed by atoms with Gasteiger partial charge in [0.1, 0.15) is 5.69 Å². The Bertz CT molecular complexity index is 502. The number of nitrogens with one attached hydrogen (secondary N) is 1. The van der Waals surface area contributed by atoms with Gasteiger partial charge in [-0.25, -0.2) is 0 Å². The molecule has 0 radical (unpaired) electrons. The summed E-state index contributed by atoms with van der Waals surface area (Å²) >= 11 is 3.51. The van der Waals surface area contributed by atoms with E-state index in [2.05, 4.69) is 32.0 Å². The first-order chi connectivity index (χ1) is 10.2. The predicted molar refractivity (Wildman–Crippen MR) is 87.6 cm³/mol. The average Bonchev–Trinajstić information content (AvgIpc) is 3.27. The minimum atomic E-state index is 0.208. The van der Waals surface area contributed by atoms with Crippen LogP contribution in [0.3, 0.4) is 0 Å². The Labute approximate surface area is 135 Å². The van der Waals surface area contributed by atoms with E-state index in [0.29, 0.717) is 6.04 Å². The number of piperidine rings is 1. The van der Waals surface area contributed by atoms with E-state index in [1.54, 1.807) is 0 Å². The van der Waals surface area contributed by atoms with Crippen molar-refractivity contribution in [3.63, 3.8) is 0 Å². The molecule has 5 heteroatoms. The number of halogens is 1. The Morgan fingerprint density at radius 2 is 2.05 bits per heavy atom. The van der Waals surface area contributed by atoms with Gasteiger partial charge in [0, 0.05) is 29.8 Å². The van der Waals surface area contributed by atoms with E-state index in [-0.39, 0.29) is 5.91 Å². The van der Waals surface area contributed by atoms with E-state index in [9.17, 15) is 4.79 Å². The Morgan fingerprint density at radius 1 is 1.33 bits per heavy atom. The second kappa shape index (κ2) is 6.53. The third-order valence-corrected chi connectivity index (χ3v) is 5.11. The fraction of sp³-hybridized carbons (Fsp3) is 0.688. The average molecular weight is 354 g/mol. The minimum absolute atomic E-state index is 0.208. The molecule has 1 N–H and O–H groups in total. The van der Waals surface area contributed by atoms with Crippen LogP contribution >= 0.6 is 15.9 Å². The summed E-state index contributed by atoms with van der Waals surface area (Å²) in [6.07, 6.45) is 7.96. The fourth-order valence-corrected chi connectivity index (χ4v) is 3.64. The molecule has 2 aliphatic rings. The SMILES string of the molecule is CNCCC1CCN(C(=O)c2cc(Br)cn2C2CC2)CC1. The smallest absolute Gasteiger partial charge is 0.270 e. The normalized spacial score (nSPS) is 20.0. The lowest BCUT2D eigenvalue weighted by Gasteiger charge is -2.32. The number of carbonyl (C=O) groups excluding carboxylic acids is 1. The van der Waals surface area contributed by atoms with Crippen molar-refractivity contribution in [1.29, 1.82) is 0 Å². The molecule has 1 aromatic rings. The third kappa shape index (κ3) is 3.51. The highest BCUT2D eigenvalue weighted by molar-refractivity contribution is 9.10. The van der Waals surface area contributed by atoms with Gasteiger partial charge in [-0.1, -0.05) is 0 Å². The van der Waals surface area contributed by atoms with Crippen LogP contribution in [0.1, 0.15) is 48.6 Å². The number of hydrogen-bond donors (Lipinski definition) is 1. The van der Waals surface area contributed by atoms with Crippen LogP contribution in [-0.4, -0.2) is 42.1 Å². The molecule has 1 aromatic heterocycles. The summed E-state index contributed by atoms with van der Waals surface area (Å²) in [4.78, 5) is 14.8. The number of aromatic nitrogens is 1. The molecule has 2 heterocycles. The zero-order valence-corrected chi connectivity index (χ0v) is 14.2. The molecule has 0 unspecified atom stereocenters. The predicted octanol–water partition coefficient (Wildman–Crippen LogP) is 3.05. The molecule has 21 heavy (non-hydrogen) atoms. The molecule has 1 saturated carbocycles. The monoisotopic (exact) mass is 353 g/mol. The van der Waals surface area contributed by atoms with Crippen molar-refractivity contribution >= 4 is 21.8 Å². The molecule has 4 nitrogen and oxygen atoms in total. The van der Waals surface area contributed by atoms with Crippen molar-refractivity contribution in [2.75, 3.05) is 26.7 Å². The van der Waals surface area contributed by atoms with Gasteiger partial charge in [-0.3, -0.25) is 4.79 Å². The summed E-state index contributed by atoms with van der Waals surface area (Å²) in [6, 6.07) is 2.52. The Balaban J connectivity index is 1.61. The highest BCUT2D eigenvalue weighted by Crippen LogP contribution is 2.38. The van der Waals surface area contributed by atoms with Crippen LogP contribution in [0.5, 0.6) is 0 Å². The van der Waals surface area contributed by atoms with Gasteiger partial charge in [0.25, 0.3) is 5.91 Å². The standard InChI is InChI=1S/C16H24BrN3O/c1-18-7-4-12-5-8-19(9-6-12)16(21)15-10-13(17)11-20(15)14-2-3-14/h10-12,14,18H,2-9H2,1H3. The van der Waals surface area contributed by atoms with E-state index in [4.69, 9.17) is 0 Å². The van der Waals surface area contributed by atoms with Gasteiger partial charge in [-0.2, -0.15) is 0 Å². The molecule has 1 aliphatic heterocycles. The Hall–Kier alpha value is -0.810. The van der Waals surface area contributed by atoms with Crippen molar-refractivity contribution in [2.45, 2.75) is 38.1 Å². The summed E-state index contributed by atoms with van der Waals surface area (Å²) in [5.74, 6) is 0.975. The van der Waals surface area contributed by atoms with Gasteiger partial charge in [-0.05, 0) is 73.6 Å². The first-order valence-corrected chi connectivity index (χ1v) is 8.79. The van der Waals surface area contributed by atoms with Gasteiger partial charge in [0.05, 0.1) is 0 Å². The largest absolute Gasteiger partial charge is 0.339 e. The van der Waals surface area contributed by atoms with Crippen LogP contribution in [0.15, 0.2) is 16.7 Å². The molecule has 0 aromatic carbocycles. The molecule has 1 aliphatic carbocycles. The van der Waals surface area contributed by atoms with E-state index in [1.807, 2.05) is 18.0 Å². The molecule has 1 amide bonds. The van der Waals surface area contributed by atoms with Gasteiger partial charge in [0.15, 0.2) is 0 Å². The summed E-state index contributed by atoms with van der Waals surface area (Å²) in [7, 11) is 2.00. The van der Waals surface area contributed by atoms with Crippen molar-refractivity contribution in [2.24, 2.45) is 5.92 Å². The topological polar surface area (TPSA) is 37.3 Å². The number of hydrogen-bond acceptors (Lipinski definition) is 2. The highest BCUT2D eigenvalue weighted by Gasteiger charge is 2.30. The quantitative estimate of drug-likeness (QED) is 0.883. The van der Waals surface area contributed by atoms with Crippen LogP contribution < -0.4 is 5.32 Å². The first kappa shape index (κ1) is 15.1. The molecule has 2 fully saturated rings. The number of amides is 1. The molecule has 0 spiro atoms. The fourth-order valence-electron chi connectivity index (χ4n) is 3.21. The van der Waals surface area contributed by atoms with E-state index in [0.717, 1.165) is 48.6 Å². The lowest BCUT2D eigenvalue weighted by Crippen LogP contribution is -2.39. The summed E-state index contributed by atoms with van der Waals surface area (Å²) in [5.41, 5.74) is 0.859. The molecule has 3 rings (SSSR count). The lowest BCUT2D eigenvalue weighted by atomic mass is 9.93. The minimum Gasteiger partial charge on any atom is -0.339 e. The van der Waals surface area contributed by atoms with Gasteiger partial charge < -0.3 is 14.8 Å². The number of rotatable bonds is 5. The summed E-state index contributed by atoms with van der Waals surface area (Å²) < 4.78 is 3.18. The molecule has 0 bridgehead atoms. The highest BCUT2D eigenvalue weighted by atomic mass is 79.9. The van der Waals surface area contributed by atoms with E-state index >= 15 is 0 Å².